The van der Waals surface area contributed by atoms with Gasteiger partial charge in [-0.1, -0.05) is 18.2 Å². The molecule has 1 heterocycles. The van der Waals surface area contributed by atoms with Crippen molar-refractivity contribution >= 4 is 34.4 Å². The van der Waals surface area contributed by atoms with Crippen molar-refractivity contribution in [3.8, 4) is 0 Å². The van der Waals surface area contributed by atoms with Crippen LogP contribution in [-0.4, -0.2) is 5.16 Å². The molecular formula is C12H9NS2. The Balaban J connectivity index is 2.14. The normalized spacial score (nSPS) is 9.60. The molecule has 1 nitrogen and oxygen atoms in total. The average Bonchev–Trinajstić information content (AvgIpc) is 2.74. The Morgan fingerprint density at radius 1 is 1.20 bits per heavy atom. The number of isothiocyanates is 1. The first-order chi connectivity index (χ1) is 7.38. The van der Waals surface area contributed by atoms with E-state index in [0.717, 1.165) is 12.1 Å². The number of benzene rings is 1. The second kappa shape index (κ2) is 4.99. The van der Waals surface area contributed by atoms with Crippen molar-refractivity contribution in [1.29, 1.82) is 0 Å². The van der Waals surface area contributed by atoms with Gasteiger partial charge in [0.1, 0.15) is 0 Å². The van der Waals surface area contributed by atoms with Gasteiger partial charge in [-0.3, -0.25) is 0 Å². The molecule has 0 unspecified atom stereocenters. The Morgan fingerprint density at radius 2 is 2.00 bits per heavy atom. The van der Waals surface area contributed by atoms with Crippen LogP contribution in [0.4, 0.5) is 5.69 Å². The largest absolute Gasteiger partial charge is 0.195 e. The highest BCUT2D eigenvalue weighted by atomic mass is 32.1. The molecule has 1 aromatic heterocycles. The summed E-state index contributed by atoms with van der Waals surface area (Å²) in [5, 5.41) is 4.46. The first-order valence-corrected chi connectivity index (χ1v) is 5.86. The fourth-order valence-corrected chi connectivity index (χ4v) is 2.20. The summed E-state index contributed by atoms with van der Waals surface area (Å²) in [5.41, 5.74) is 2.15. The van der Waals surface area contributed by atoms with Crippen LogP contribution in [0.25, 0.3) is 0 Å². The average molecular weight is 231 g/mol. The van der Waals surface area contributed by atoms with E-state index in [4.69, 9.17) is 0 Å². The summed E-state index contributed by atoms with van der Waals surface area (Å²) in [6, 6.07) is 12.3. The molecule has 0 bridgehead atoms. The zero-order valence-corrected chi connectivity index (χ0v) is 9.65. The third-order valence-electron chi connectivity index (χ3n) is 2.07. The highest BCUT2D eigenvalue weighted by Gasteiger charge is 1.96. The topological polar surface area (TPSA) is 12.4 Å². The molecule has 0 aliphatic heterocycles. The first-order valence-electron chi connectivity index (χ1n) is 4.57. The number of thiophene rings is 1. The maximum absolute atomic E-state index is 4.55. The van der Waals surface area contributed by atoms with E-state index in [9.17, 15) is 0 Å². The van der Waals surface area contributed by atoms with E-state index < -0.39 is 0 Å². The van der Waals surface area contributed by atoms with Crippen molar-refractivity contribution in [1.82, 2.24) is 0 Å². The number of aliphatic imine (C=N–C) groups is 1. The van der Waals surface area contributed by atoms with Gasteiger partial charge in [0.25, 0.3) is 0 Å². The lowest BCUT2D eigenvalue weighted by Gasteiger charge is -1.98. The van der Waals surface area contributed by atoms with Crippen molar-refractivity contribution < 1.29 is 0 Å². The van der Waals surface area contributed by atoms with Crippen LogP contribution in [0.15, 0.2) is 46.8 Å². The summed E-state index contributed by atoms with van der Waals surface area (Å²) in [5.74, 6) is 0. The van der Waals surface area contributed by atoms with Gasteiger partial charge in [0.15, 0.2) is 0 Å². The molecule has 3 heteroatoms. The number of hydrogen-bond acceptors (Lipinski definition) is 3. The minimum Gasteiger partial charge on any atom is -0.195 e. The van der Waals surface area contributed by atoms with Crippen LogP contribution in [0.1, 0.15) is 10.4 Å². The molecule has 0 saturated carbocycles. The Morgan fingerprint density at radius 3 is 2.60 bits per heavy atom. The van der Waals surface area contributed by atoms with Crippen molar-refractivity contribution in [3.63, 3.8) is 0 Å². The van der Waals surface area contributed by atoms with Crippen LogP contribution < -0.4 is 0 Å². The Bertz CT molecular complexity index is 465. The predicted molar refractivity (Wildman–Crippen MR) is 68.3 cm³/mol. The third-order valence-corrected chi connectivity index (χ3v) is 3.04. The Labute approximate surface area is 98.1 Å². The summed E-state index contributed by atoms with van der Waals surface area (Å²) in [7, 11) is 0. The van der Waals surface area contributed by atoms with E-state index in [-0.39, 0.29) is 0 Å². The molecule has 0 fully saturated rings. The minimum absolute atomic E-state index is 0.861. The Hall–Kier alpha value is -1.28. The maximum Gasteiger partial charge on any atom is 0.0739 e. The fourth-order valence-electron chi connectivity index (χ4n) is 1.36. The van der Waals surface area contributed by atoms with E-state index in [1.807, 2.05) is 12.1 Å². The SMILES string of the molecule is S=C=Nc1ccc(Cc2cccs2)cc1. The molecule has 0 radical (unpaired) electrons. The lowest BCUT2D eigenvalue weighted by molar-refractivity contribution is 1.24. The summed E-state index contributed by atoms with van der Waals surface area (Å²) < 4.78 is 0. The van der Waals surface area contributed by atoms with Crippen LogP contribution in [0.5, 0.6) is 0 Å². The molecular weight excluding hydrogens is 222 g/mol. The monoisotopic (exact) mass is 231 g/mol. The van der Waals surface area contributed by atoms with E-state index >= 15 is 0 Å². The zero-order valence-electron chi connectivity index (χ0n) is 8.01. The lowest BCUT2D eigenvalue weighted by Crippen LogP contribution is -1.82. The van der Waals surface area contributed by atoms with E-state index in [1.165, 1.54) is 10.4 Å². The quantitative estimate of drug-likeness (QED) is 0.573. The summed E-state index contributed by atoms with van der Waals surface area (Å²) in [6.45, 7) is 0. The lowest BCUT2D eigenvalue weighted by atomic mass is 10.1. The molecule has 0 aliphatic carbocycles. The standard InChI is InChI=1S/C12H9NS2/c14-9-13-11-5-3-10(4-6-11)8-12-2-1-7-15-12/h1-7H,8H2. The number of rotatable bonds is 3. The molecule has 0 saturated heterocycles. The van der Waals surface area contributed by atoms with Gasteiger partial charge in [-0.05, 0) is 41.4 Å². The van der Waals surface area contributed by atoms with Crippen molar-refractivity contribution in [3.05, 3.63) is 52.2 Å². The summed E-state index contributed by atoms with van der Waals surface area (Å²) >= 11 is 6.33. The highest BCUT2D eigenvalue weighted by molar-refractivity contribution is 7.78. The maximum atomic E-state index is 4.55. The Kier molecular flexibility index (Phi) is 3.41. The van der Waals surface area contributed by atoms with E-state index in [1.54, 1.807) is 11.3 Å². The second-order valence-corrected chi connectivity index (χ2v) is 4.34. The molecule has 0 spiro atoms. The van der Waals surface area contributed by atoms with Gasteiger partial charge in [0.2, 0.25) is 0 Å². The van der Waals surface area contributed by atoms with Crippen molar-refractivity contribution in [2.45, 2.75) is 6.42 Å². The minimum atomic E-state index is 0.861. The smallest absolute Gasteiger partial charge is 0.0739 e. The number of hydrogen-bond donors (Lipinski definition) is 0. The molecule has 0 aliphatic rings. The molecule has 2 aromatic rings. The van der Waals surface area contributed by atoms with Crippen LogP contribution in [0.3, 0.4) is 0 Å². The van der Waals surface area contributed by atoms with Gasteiger partial charge in [0.05, 0.1) is 10.8 Å². The predicted octanol–water partition coefficient (Wildman–Crippen LogP) is 4.07. The molecule has 74 valence electrons. The molecule has 2 rings (SSSR count). The van der Waals surface area contributed by atoms with Crippen LogP contribution in [0, 0.1) is 0 Å². The third kappa shape index (κ3) is 2.83. The molecule has 1 aromatic carbocycles. The van der Waals surface area contributed by atoms with Gasteiger partial charge in [0, 0.05) is 11.3 Å². The van der Waals surface area contributed by atoms with Gasteiger partial charge in [-0.25, -0.2) is 0 Å². The van der Waals surface area contributed by atoms with E-state index in [2.05, 4.69) is 52.0 Å². The van der Waals surface area contributed by atoms with Crippen LogP contribution in [-0.2, 0) is 6.42 Å². The van der Waals surface area contributed by atoms with Gasteiger partial charge in [-0.15, -0.1) is 11.3 Å². The molecule has 0 amide bonds. The fraction of sp³-hybridized carbons (Fsp3) is 0.0833. The van der Waals surface area contributed by atoms with Crippen molar-refractivity contribution in [2.75, 3.05) is 0 Å². The molecule has 0 atom stereocenters. The molecule has 15 heavy (non-hydrogen) atoms. The van der Waals surface area contributed by atoms with Crippen molar-refractivity contribution in [2.24, 2.45) is 4.99 Å². The van der Waals surface area contributed by atoms with E-state index in [0.29, 0.717) is 0 Å². The van der Waals surface area contributed by atoms with Crippen LogP contribution >= 0.6 is 23.6 Å². The second-order valence-electron chi connectivity index (χ2n) is 3.13. The first kappa shape index (κ1) is 10.2. The summed E-state index contributed by atoms with van der Waals surface area (Å²) in [6.07, 6.45) is 0.985. The number of nitrogens with zero attached hydrogens (tertiary/aromatic N) is 1. The highest BCUT2D eigenvalue weighted by Crippen LogP contribution is 2.17. The summed E-state index contributed by atoms with van der Waals surface area (Å²) in [4.78, 5) is 5.29. The van der Waals surface area contributed by atoms with Gasteiger partial charge < -0.3 is 0 Å². The van der Waals surface area contributed by atoms with Gasteiger partial charge >= 0.3 is 0 Å². The van der Waals surface area contributed by atoms with Crippen LogP contribution in [0.2, 0.25) is 0 Å². The van der Waals surface area contributed by atoms with Gasteiger partial charge in [-0.2, -0.15) is 4.99 Å². The number of thiocarbonyl (C=S) groups is 1. The molecule has 0 N–H and O–H groups in total. The zero-order chi connectivity index (χ0) is 10.5.